The summed E-state index contributed by atoms with van der Waals surface area (Å²) in [5.41, 5.74) is 1.37. The molecule has 0 radical (unpaired) electrons. The first-order valence-corrected chi connectivity index (χ1v) is 9.41. The average molecular weight is 403 g/mol. The van der Waals surface area contributed by atoms with E-state index in [9.17, 15) is 14.4 Å². The Morgan fingerprint density at radius 1 is 1.04 bits per heavy atom. The zero-order chi connectivity index (χ0) is 20.4. The number of benzene rings is 2. The normalized spacial score (nSPS) is 11.4. The van der Waals surface area contributed by atoms with Crippen molar-refractivity contribution < 1.29 is 19.1 Å². The van der Waals surface area contributed by atoms with Crippen LogP contribution < -0.4 is 10.6 Å². The van der Waals surface area contributed by atoms with Crippen LogP contribution in [0.1, 0.15) is 29.3 Å². The van der Waals surface area contributed by atoms with E-state index in [4.69, 9.17) is 16.3 Å². The van der Waals surface area contributed by atoms with Gasteiger partial charge in [-0.05, 0) is 36.8 Å². The van der Waals surface area contributed by atoms with Crippen molar-refractivity contribution in [2.45, 2.75) is 25.8 Å². The molecule has 0 spiro atoms. The highest BCUT2D eigenvalue weighted by molar-refractivity contribution is 6.30. The smallest absolute Gasteiger partial charge is 0.328 e. The summed E-state index contributed by atoms with van der Waals surface area (Å²) in [6.07, 6.45) is 0.382. The number of amides is 2. The van der Waals surface area contributed by atoms with Crippen LogP contribution >= 0.6 is 11.6 Å². The highest BCUT2D eigenvalue weighted by Crippen LogP contribution is 2.09. The van der Waals surface area contributed by atoms with E-state index in [1.165, 1.54) is 0 Å². The molecule has 0 aromatic heterocycles. The molecule has 2 rings (SSSR count). The van der Waals surface area contributed by atoms with Crippen LogP contribution in [0.15, 0.2) is 54.6 Å². The first-order chi connectivity index (χ1) is 13.5. The second-order valence-electron chi connectivity index (χ2n) is 6.07. The SMILES string of the molecule is CCOC(=O)C(Cc1ccccc1)NC(=O)CCNC(=O)c1ccc(Cl)cc1. The van der Waals surface area contributed by atoms with Crippen LogP contribution in [0.2, 0.25) is 5.02 Å². The van der Waals surface area contributed by atoms with E-state index in [-0.39, 0.29) is 31.4 Å². The molecular weight excluding hydrogens is 380 g/mol. The van der Waals surface area contributed by atoms with Gasteiger partial charge in [0.25, 0.3) is 5.91 Å². The first-order valence-electron chi connectivity index (χ1n) is 9.03. The van der Waals surface area contributed by atoms with Crippen LogP contribution in [0.25, 0.3) is 0 Å². The second kappa shape index (κ2) is 11.1. The molecule has 0 heterocycles. The number of halogens is 1. The number of ether oxygens (including phenoxy) is 1. The van der Waals surface area contributed by atoms with Crippen molar-refractivity contribution in [1.29, 1.82) is 0 Å². The van der Waals surface area contributed by atoms with Gasteiger partial charge < -0.3 is 15.4 Å². The van der Waals surface area contributed by atoms with Crippen LogP contribution in [-0.2, 0) is 20.7 Å². The number of rotatable bonds is 9. The molecule has 1 atom stereocenters. The molecule has 0 aliphatic rings. The fourth-order valence-corrected chi connectivity index (χ4v) is 2.67. The third-order valence-corrected chi connectivity index (χ3v) is 4.18. The molecule has 2 N–H and O–H groups in total. The Labute approximate surface area is 169 Å². The third-order valence-electron chi connectivity index (χ3n) is 3.93. The van der Waals surface area contributed by atoms with Gasteiger partial charge in [-0.25, -0.2) is 4.79 Å². The maximum Gasteiger partial charge on any atom is 0.328 e. The minimum atomic E-state index is -0.776. The largest absolute Gasteiger partial charge is 0.464 e. The lowest BCUT2D eigenvalue weighted by molar-refractivity contribution is -0.147. The van der Waals surface area contributed by atoms with Gasteiger partial charge in [-0.1, -0.05) is 41.9 Å². The minimum Gasteiger partial charge on any atom is -0.464 e. The summed E-state index contributed by atoms with van der Waals surface area (Å²) in [5.74, 6) is -1.12. The van der Waals surface area contributed by atoms with Crippen molar-refractivity contribution in [1.82, 2.24) is 10.6 Å². The predicted octanol–water partition coefficient (Wildman–Crippen LogP) is 2.75. The lowest BCUT2D eigenvalue weighted by atomic mass is 10.1. The maximum absolute atomic E-state index is 12.2. The van der Waals surface area contributed by atoms with E-state index in [1.54, 1.807) is 31.2 Å². The summed E-state index contributed by atoms with van der Waals surface area (Å²) in [4.78, 5) is 36.4. The molecule has 2 aromatic carbocycles. The first kappa shape index (κ1) is 21.4. The summed E-state index contributed by atoms with van der Waals surface area (Å²) >= 11 is 5.79. The van der Waals surface area contributed by atoms with E-state index in [0.29, 0.717) is 17.0 Å². The number of hydrogen-bond donors (Lipinski definition) is 2. The number of carbonyl (C=O) groups is 3. The Morgan fingerprint density at radius 2 is 1.71 bits per heavy atom. The standard InChI is InChI=1S/C21H23ClN2O4/c1-2-28-21(27)18(14-15-6-4-3-5-7-15)24-19(25)12-13-23-20(26)16-8-10-17(22)11-9-16/h3-11,18H,2,12-14H2,1H3,(H,23,26)(H,24,25). The molecule has 0 saturated carbocycles. The Hall–Kier alpha value is -2.86. The molecular formula is C21H23ClN2O4. The topological polar surface area (TPSA) is 84.5 Å². The van der Waals surface area contributed by atoms with Crippen LogP contribution in [0, 0.1) is 0 Å². The number of nitrogens with one attached hydrogen (secondary N) is 2. The van der Waals surface area contributed by atoms with Crippen LogP contribution in [0.5, 0.6) is 0 Å². The molecule has 6 nitrogen and oxygen atoms in total. The zero-order valence-electron chi connectivity index (χ0n) is 15.6. The number of hydrogen-bond acceptors (Lipinski definition) is 4. The van der Waals surface area contributed by atoms with Crippen molar-refractivity contribution in [2.75, 3.05) is 13.2 Å². The molecule has 0 aliphatic carbocycles. The third kappa shape index (κ3) is 7.04. The lowest BCUT2D eigenvalue weighted by Crippen LogP contribution is -2.44. The molecule has 7 heteroatoms. The van der Waals surface area contributed by atoms with Gasteiger partial charge in [0.05, 0.1) is 6.61 Å². The second-order valence-corrected chi connectivity index (χ2v) is 6.51. The van der Waals surface area contributed by atoms with Gasteiger partial charge in [0.2, 0.25) is 5.91 Å². The molecule has 1 unspecified atom stereocenters. The van der Waals surface area contributed by atoms with E-state index < -0.39 is 12.0 Å². The molecule has 0 saturated heterocycles. The van der Waals surface area contributed by atoms with Gasteiger partial charge in [-0.2, -0.15) is 0 Å². The quantitative estimate of drug-likeness (QED) is 0.631. The maximum atomic E-state index is 12.2. The molecule has 2 amide bonds. The molecule has 2 aromatic rings. The zero-order valence-corrected chi connectivity index (χ0v) is 16.4. The van der Waals surface area contributed by atoms with E-state index in [1.807, 2.05) is 30.3 Å². The fourth-order valence-electron chi connectivity index (χ4n) is 2.55. The average Bonchev–Trinajstić information content (AvgIpc) is 2.69. The summed E-state index contributed by atoms with van der Waals surface area (Å²) in [6.45, 7) is 2.09. The Morgan fingerprint density at radius 3 is 2.36 bits per heavy atom. The lowest BCUT2D eigenvalue weighted by Gasteiger charge is -2.17. The number of carbonyl (C=O) groups excluding carboxylic acids is 3. The molecule has 0 bridgehead atoms. The Bertz CT molecular complexity index is 794. The summed E-state index contributed by atoms with van der Waals surface area (Å²) in [5, 5.41) is 5.90. The number of esters is 1. The van der Waals surface area contributed by atoms with Gasteiger partial charge in [0, 0.05) is 30.0 Å². The Kier molecular flexibility index (Phi) is 8.49. The van der Waals surface area contributed by atoms with Crippen LogP contribution in [-0.4, -0.2) is 37.0 Å². The molecule has 0 fully saturated rings. The van der Waals surface area contributed by atoms with Crippen molar-refractivity contribution in [3.05, 3.63) is 70.7 Å². The van der Waals surface area contributed by atoms with Crippen LogP contribution in [0.3, 0.4) is 0 Å². The van der Waals surface area contributed by atoms with Gasteiger partial charge in [-0.15, -0.1) is 0 Å². The van der Waals surface area contributed by atoms with Gasteiger partial charge in [0.15, 0.2) is 0 Å². The molecule has 0 aliphatic heterocycles. The van der Waals surface area contributed by atoms with Crippen molar-refractivity contribution >= 4 is 29.4 Å². The fraction of sp³-hybridized carbons (Fsp3) is 0.286. The van der Waals surface area contributed by atoms with Crippen molar-refractivity contribution in [3.8, 4) is 0 Å². The van der Waals surface area contributed by atoms with E-state index >= 15 is 0 Å². The summed E-state index contributed by atoms with van der Waals surface area (Å²) in [7, 11) is 0. The van der Waals surface area contributed by atoms with Gasteiger partial charge in [-0.3, -0.25) is 9.59 Å². The Balaban J connectivity index is 1.85. The highest BCUT2D eigenvalue weighted by atomic mass is 35.5. The van der Waals surface area contributed by atoms with E-state index in [2.05, 4.69) is 10.6 Å². The van der Waals surface area contributed by atoms with Crippen LogP contribution in [0.4, 0.5) is 0 Å². The highest BCUT2D eigenvalue weighted by Gasteiger charge is 2.22. The molecule has 148 valence electrons. The van der Waals surface area contributed by atoms with Crippen molar-refractivity contribution in [2.24, 2.45) is 0 Å². The van der Waals surface area contributed by atoms with E-state index in [0.717, 1.165) is 5.56 Å². The predicted molar refractivity (Wildman–Crippen MR) is 107 cm³/mol. The van der Waals surface area contributed by atoms with Gasteiger partial charge in [0.1, 0.15) is 6.04 Å². The van der Waals surface area contributed by atoms with Gasteiger partial charge >= 0.3 is 5.97 Å². The van der Waals surface area contributed by atoms with Crippen molar-refractivity contribution in [3.63, 3.8) is 0 Å². The minimum absolute atomic E-state index is 0.0457. The molecule has 28 heavy (non-hydrogen) atoms. The summed E-state index contributed by atoms with van der Waals surface area (Å²) < 4.78 is 5.05. The summed E-state index contributed by atoms with van der Waals surface area (Å²) in [6, 6.07) is 15.1. The monoisotopic (exact) mass is 402 g/mol.